The van der Waals surface area contributed by atoms with Gasteiger partial charge in [0.25, 0.3) is 5.56 Å². The first-order valence-electron chi connectivity index (χ1n) is 6.10. The van der Waals surface area contributed by atoms with Crippen LogP contribution in [-0.2, 0) is 7.05 Å². The van der Waals surface area contributed by atoms with E-state index in [0.717, 1.165) is 27.1 Å². The van der Waals surface area contributed by atoms with Crippen LogP contribution in [0.5, 0.6) is 0 Å². The molecule has 0 spiro atoms. The number of nitrogens with one attached hydrogen (secondary N) is 1. The fourth-order valence-corrected chi connectivity index (χ4v) is 2.65. The molecule has 0 aliphatic rings. The fraction of sp³-hybridized carbons (Fsp3) is 0.0667. The summed E-state index contributed by atoms with van der Waals surface area (Å²) in [4.78, 5) is 12.2. The average molecular weight is 249 g/mol. The van der Waals surface area contributed by atoms with E-state index in [9.17, 15) is 4.79 Å². The minimum Gasteiger partial charge on any atom is -0.309 e. The van der Waals surface area contributed by atoms with Crippen molar-refractivity contribution in [3.8, 4) is 0 Å². The predicted molar refractivity (Wildman–Crippen MR) is 76.3 cm³/mol. The monoisotopic (exact) mass is 249 g/mol. The molecule has 0 aliphatic carbocycles. The number of benzene rings is 2. The normalized spacial score (nSPS) is 11.6. The van der Waals surface area contributed by atoms with Gasteiger partial charge in [0.2, 0.25) is 0 Å². The quantitative estimate of drug-likeness (QED) is 0.487. The lowest BCUT2D eigenvalue weighted by molar-refractivity contribution is 0.912. The van der Waals surface area contributed by atoms with E-state index in [0.29, 0.717) is 5.52 Å². The number of aromatic amines is 1. The summed E-state index contributed by atoms with van der Waals surface area (Å²) in [6.45, 7) is 0. The number of hydrogen-bond donors (Lipinski definition) is 1. The molecule has 0 unspecified atom stereocenters. The molecule has 0 radical (unpaired) electrons. The Bertz CT molecular complexity index is 995. The number of aryl methyl sites for hydroxylation is 1. The van der Waals surface area contributed by atoms with E-state index in [1.54, 1.807) is 17.8 Å². The number of rotatable bonds is 0. The van der Waals surface area contributed by atoms with E-state index in [1.807, 2.05) is 12.1 Å². The zero-order valence-corrected chi connectivity index (χ0v) is 10.3. The van der Waals surface area contributed by atoms with E-state index in [-0.39, 0.29) is 5.56 Å². The number of hydrogen-bond acceptors (Lipinski definition) is 2. The summed E-state index contributed by atoms with van der Waals surface area (Å²) in [6, 6.07) is 12.3. The van der Waals surface area contributed by atoms with Crippen molar-refractivity contribution in [2.24, 2.45) is 7.05 Å². The van der Waals surface area contributed by atoms with Gasteiger partial charge in [-0.1, -0.05) is 24.3 Å². The first kappa shape index (κ1) is 10.3. The van der Waals surface area contributed by atoms with Gasteiger partial charge in [-0.3, -0.25) is 9.89 Å². The molecule has 0 bridgehead atoms. The van der Waals surface area contributed by atoms with Gasteiger partial charge in [0.1, 0.15) is 5.52 Å². The molecule has 0 aliphatic heterocycles. The Labute approximate surface area is 108 Å². The third-order valence-corrected chi connectivity index (χ3v) is 3.67. The molecule has 4 nitrogen and oxygen atoms in total. The largest absolute Gasteiger partial charge is 0.309 e. The maximum atomic E-state index is 12.2. The maximum absolute atomic E-state index is 12.2. The number of H-pyrrole nitrogens is 1. The lowest BCUT2D eigenvalue weighted by Crippen LogP contribution is -2.17. The summed E-state index contributed by atoms with van der Waals surface area (Å²) in [5.74, 6) is 0. The average Bonchev–Trinajstić information content (AvgIpc) is 2.93. The topological polar surface area (TPSA) is 50.7 Å². The second kappa shape index (κ2) is 3.45. The predicted octanol–water partition coefficient (Wildman–Crippen LogP) is 2.57. The zero-order valence-electron chi connectivity index (χ0n) is 10.3. The molecule has 19 heavy (non-hydrogen) atoms. The van der Waals surface area contributed by atoms with Crippen molar-refractivity contribution in [1.29, 1.82) is 0 Å². The molecule has 2 aromatic heterocycles. The smallest absolute Gasteiger partial charge is 0.276 e. The Morgan fingerprint density at radius 1 is 1.11 bits per heavy atom. The van der Waals surface area contributed by atoms with Crippen LogP contribution in [0, 0.1) is 0 Å². The standard InChI is InChI=1S/C15H11N3O/c1-18-13-7-10-5-3-2-4-9(10)6-11(13)12-8-16-17-14(12)15(18)19/h2-8H,1H3,(H,16,17). The number of pyridine rings is 1. The molecule has 4 heteroatoms. The Morgan fingerprint density at radius 3 is 2.63 bits per heavy atom. The van der Waals surface area contributed by atoms with E-state index in [4.69, 9.17) is 0 Å². The molecule has 2 aromatic carbocycles. The van der Waals surface area contributed by atoms with Crippen molar-refractivity contribution in [2.45, 2.75) is 0 Å². The van der Waals surface area contributed by atoms with Crippen LogP contribution in [0.4, 0.5) is 0 Å². The maximum Gasteiger partial charge on any atom is 0.276 e. The molecule has 92 valence electrons. The van der Waals surface area contributed by atoms with Gasteiger partial charge in [0.15, 0.2) is 0 Å². The molecule has 4 aromatic rings. The van der Waals surface area contributed by atoms with Crippen LogP contribution in [0.3, 0.4) is 0 Å². The lowest BCUT2D eigenvalue weighted by atomic mass is 10.0. The Hall–Kier alpha value is -2.62. The molecule has 2 heterocycles. The van der Waals surface area contributed by atoms with Crippen LogP contribution < -0.4 is 5.56 Å². The molecule has 0 atom stereocenters. The van der Waals surface area contributed by atoms with Crippen LogP contribution in [-0.4, -0.2) is 14.8 Å². The lowest BCUT2D eigenvalue weighted by Gasteiger charge is -2.08. The minimum atomic E-state index is -0.0460. The summed E-state index contributed by atoms with van der Waals surface area (Å²) in [7, 11) is 1.79. The van der Waals surface area contributed by atoms with E-state index in [2.05, 4.69) is 34.5 Å². The van der Waals surface area contributed by atoms with Gasteiger partial charge in [-0.2, -0.15) is 5.10 Å². The van der Waals surface area contributed by atoms with Crippen LogP contribution in [0.2, 0.25) is 0 Å². The second-order valence-corrected chi connectivity index (χ2v) is 4.74. The van der Waals surface area contributed by atoms with Crippen molar-refractivity contribution >= 4 is 32.6 Å². The van der Waals surface area contributed by atoms with Gasteiger partial charge >= 0.3 is 0 Å². The summed E-state index contributed by atoms with van der Waals surface area (Å²) >= 11 is 0. The highest BCUT2D eigenvalue weighted by molar-refractivity contribution is 6.09. The molecular formula is C15H11N3O. The van der Waals surface area contributed by atoms with E-state index < -0.39 is 0 Å². The van der Waals surface area contributed by atoms with Crippen LogP contribution in [0.1, 0.15) is 0 Å². The number of nitrogens with zero attached hydrogens (tertiary/aromatic N) is 2. The summed E-state index contributed by atoms with van der Waals surface area (Å²) in [5, 5.41) is 11.0. The third kappa shape index (κ3) is 1.28. The van der Waals surface area contributed by atoms with E-state index in [1.165, 1.54) is 0 Å². The van der Waals surface area contributed by atoms with Crippen LogP contribution in [0.25, 0.3) is 32.6 Å². The van der Waals surface area contributed by atoms with Crippen molar-refractivity contribution in [3.63, 3.8) is 0 Å². The molecule has 1 N–H and O–H groups in total. The van der Waals surface area contributed by atoms with Crippen molar-refractivity contribution < 1.29 is 0 Å². The summed E-state index contributed by atoms with van der Waals surface area (Å²) in [6.07, 6.45) is 1.72. The molecule has 0 saturated carbocycles. The Kier molecular flexibility index (Phi) is 1.87. The van der Waals surface area contributed by atoms with Gasteiger partial charge in [-0.25, -0.2) is 0 Å². The summed E-state index contributed by atoms with van der Waals surface area (Å²) in [5.41, 5.74) is 1.44. The van der Waals surface area contributed by atoms with Crippen molar-refractivity contribution in [2.75, 3.05) is 0 Å². The molecular weight excluding hydrogens is 238 g/mol. The minimum absolute atomic E-state index is 0.0460. The highest BCUT2D eigenvalue weighted by Gasteiger charge is 2.10. The van der Waals surface area contributed by atoms with Crippen LogP contribution >= 0.6 is 0 Å². The SMILES string of the molecule is Cn1c(=O)c2[nH]ncc2c2cc3ccccc3cc21. The van der Waals surface area contributed by atoms with Crippen molar-refractivity contribution in [3.05, 3.63) is 52.9 Å². The van der Waals surface area contributed by atoms with Gasteiger partial charge < -0.3 is 4.57 Å². The van der Waals surface area contributed by atoms with Gasteiger partial charge in [-0.05, 0) is 22.9 Å². The Balaban J connectivity index is 2.38. The number of aromatic nitrogens is 3. The Morgan fingerprint density at radius 2 is 1.84 bits per heavy atom. The third-order valence-electron chi connectivity index (χ3n) is 3.67. The van der Waals surface area contributed by atoms with Gasteiger partial charge in [0, 0.05) is 17.8 Å². The van der Waals surface area contributed by atoms with Crippen molar-refractivity contribution in [1.82, 2.24) is 14.8 Å². The first-order valence-corrected chi connectivity index (χ1v) is 6.10. The fourth-order valence-electron chi connectivity index (χ4n) is 2.65. The zero-order chi connectivity index (χ0) is 13.0. The molecule has 0 saturated heterocycles. The second-order valence-electron chi connectivity index (χ2n) is 4.74. The summed E-state index contributed by atoms with van der Waals surface area (Å²) < 4.78 is 1.67. The van der Waals surface area contributed by atoms with Crippen LogP contribution in [0.15, 0.2) is 47.4 Å². The molecule has 0 amide bonds. The van der Waals surface area contributed by atoms with Gasteiger partial charge in [-0.15, -0.1) is 0 Å². The highest BCUT2D eigenvalue weighted by atomic mass is 16.1. The highest BCUT2D eigenvalue weighted by Crippen LogP contribution is 2.26. The van der Waals surface area contributed by atoms with E-state index >= 15 is 0 Å². The number of fused-ring (bicyclic) bond motifs is 4. The molecule has 0 fully saturated rings. The van der Waals surface area contributed by atoms with Gasteiger partial charge in [0.05, 0.1) is 11.7 Å². The first-order chi connectivity index (χ1) is 9.25. The molecule has 4 rings (SSSR count).